The Kier molecular flexibility index (Phi) is 8.14. The minimum absolute atomic E-state index is 0.000239. The van der Waals surface area contributed by atoms with E-state index in [1.54, 1.807) is 36.4 Å². The van der Waals surface area contributed by atoms with E-state index in [0.717, 1.165) is 5.56 Å². The van der Waals surface area contributed by atoms with Gasteiger partial charge >= 0.3 is 12.3 Å². The van der Waals surface area contributed by atoms with Crippen LogP contribution in [0.1, 0.15) is 55.1 Å². The van der Waals surface area contributed by atoms with E-state index in [-0.39, 0.29) is 32.3 Å². The molecule has 2 amide bonds. The van der Waals surface area contributed by atoms with Gasteiger partial charge in [-0.2, -0.15) is 18.3 Å². The molecule has 1 saturated carbocycles. The van der Waals surface area contributed by atoms with Crippen molar-refractivity contribution in [2.24, 2.45) is 17.8 Å². The number of piperidine rings is 1. The number of aromatic nitrogens is 3. The van der Waals surface area contributed by atoms with Gasteiger partial charge in [0.15, 0.2) is 5.65 Å². The lowest BCUT2D eigenvalue weighted by molar-refractivity contribution is -0.183. The minimum Gasteiger partial charge on any atom is -0.445 e. The second-order valence-electron chi connectivity index (χ2n) is 10.8. The van der Waals surface area contributed by atoms with Crippen molar-refractivity contribution in [1.82, 2.24) is 25.2 Å². The van der Waals surface area contributed by atoms with E-state index in [2.05, 4.69) is 20.7 Å². The lowest BCUT2D eigenvalue weighted by Crippen LogP contribution is -2.47. The molecule has 1 aliphatic carbocycles. The molecule has 0 bridgehead atoms. The molecule has 8 nitrogen and oxygen atoms in total. The number of benzene rings is 1. The number of carbonyl (C=O) groups excluding carboxylic acids is 2. The predicted molar refractivity (Wildman–Crippen MR) is 137 cm³/mol. The average Bonchev–Trinajstić information content (AvgIpc) is 3.34. The van der Waals surface area contributed by atoms with Gasteiger partial charge in [0.05, 0.1) is 29.5 Å². The van der Waals surface area contributed by atoms with Crippen LogP contribution in [0.2, 0.25) is 0 Å². The third-order valence-corrected chi connectivity index (χ3v) is 7.73. The van der Waals surface area contributed by atoms with Crippen LogP contribution in [0.5, 0.6) is 0 Å². The zero-order valence-corrected chi connectivity index (χ0v) is 22.0. The maximum Gasteiger partial charge on any atom is 0.408 e. The lowest BCUT2D eigenvalue weighted by Gasteiger charge is -2.33. The number of alkyl carbamates (subject to hydrolysis) is 1. The van der Waals surface area contributed by atoms with Gasteiger partial charge in [-0.15, -0.1) is 0 Å². The van der Waals surface area contributed by atoms with Crippen molar-refractivity contribution in [3.05, 3.63) is 65.6 Å². The first kappa shape index (κ1) is 28.7. The maximum absolute atomic E-state index is 14.4. The van der Waals surface area contributed by atoms with E-state index >= 15 is 0 Å². The quantitative estimate of drug-likeness (QED) is 0.367. The van der Waals surface area contributed by atoms with E-state index < -0.39 is 60.9 Å². The highest BCUT2D eigenvalue weighted by Gasteiger charge is 2.45. The van der Waals surface area contributed by atoms with Crippen molar-refractivity contribution in [2.45, 2.75) is 63.3 Å². The first-order chi connectivity index (χ1) is 19.5. The van der Waals surface area contributed by atoms with Crippen molar-refractivity contribution in [2.75, 3.05) is 6.54 Å². The smallest absolute Gasteiger partial charge is 0.408 e. The molecule has 2 aliphatic rings. The van der Waals surface area contributed by atoms with Gasteiger partial charge < -0.3 is 15.4 Å². The van der Waals surface area contributed by atoms with Crippen LogP contribution >= 0.6 is 0 Å². The molecule has 1 aliphatic heterocycles. The fourth-order valence-electron chi connectivity index (χ4n) is 5.60. The summed E-state index contributed by atoms with van der Waals surface area (Å²) >= 11 is 0. The number of ether oxygens (including phenoxy) is 1. The number of fused-ring (bicyclic) bond motifs is 1. The summed E-state index contributed by atoms with van der Waals surface area (Å²) in [4.78, 5) is 29.5. The molecule has 0 spiro atoms. The van der Waals surface area contributed by atoms with E-state index in [1.807, 2.05) is 6.07 Å². The Morgan fingerprint density at radius 2 is 1.98 bits per heavy atom. The summed E-state index contributed by atoms with van der Waals surface area (Å²) in [5.41, 5.74) is 1.81. The van der Waals surface area contributed by atoms with Crippen LogP contribution in [0.25, 0.3) is 5.65 Å². The van der Waals surface area contributed by atoms with Crippen LogP contribution in [0.15, 0.2) is 48.7 Å². The molecule has 3 aromatic rings. The molecule has 5 rings (SSSR count). The van der Waals surface area contributed by atoms with Crippen LogP contribution in [0, 0.1) is 17.8 Å². The van der Waals surface area contributed by atoms with Crippen molar-refractivity contribution >= 4 is 17.6 Å². The predicted octanol–water partition coefficient (Wildman–Crippen LogP) is 5.38. The number of alkyl halides is 5. The summed E-state index contributed by atoms with van der Waals surface area (Å²) in [6, 6.07) is 11.3. The van der Waals surface area contributed by atoms with Gasteiger partial charge in [0.25, 0.3) is 0 Å². The summed E-state index contributed by atoms with van der Waals surface area (Å²) in [6.07, 6.45) is -3.96. The number of hydrogen-bond acceptors (Lipinski definition) is 5. The average molecular weight is 580 g/mol. The minimum atomic E-state index is -4.41. The van der Waals surface area contributed by atoms with Crippen molar-refractivity contribution < 1.29 is 36.3 Å². The van der Waals surface area contributed by atoms with E-state index in [9.17, 15) is 31.5 Å². The van der Waals surface area contributed by atoms with Gasteiger partial charge in [-0.25, -0.2) is 23.1 Å². The molecule has 1 aromatic carbocycles. The number of rotatable bonds is 7. The second kappa shape index (κ2) is 11.6. The molecular formula is C28H30F5N5O3. The lowest BCUT2D eigenvalue weighted by atomic mass is 9.81. The number of hydrogen-bond donors (Lipinski definition) is 2. The number of halogens is 5. The SMILES string of the molecule is O=C(N[C@H](c1cn2nc(CC3C[C@@H](C(F)(F)F)CNC3=O)ccc2n1)[C@H]1CCCC(F)(F)C1)OCc1ccccc1. The number of imidazole rings is 1. The Hall–Kier alpha value is -3.77. The molecule has 3 heterocycles. The van der Waals surface area contributed by atoms with Crippen molar-refractivity contribution in [1.29, 1.82) is 0 Å². The molecule has 2 aromatic heterocycles. The van der Waals surface area contributed by atoms with Crippen LogP contribution < -0.4 is 10.6 Å². The molecule has 2 N–H and O–H groups in total. The number of amides is 2. The highest BCUT2D eigenvalue weighted by atomic mass is 19.4. The molecule has 13 heteroatoms. The molecule has 2 fully saturated rings. The van der Waals surface area contributed by atoms with Gasteiger partial charge in [-0.1, -0.05) is 30.3 Å². The van der Waals surface area contributed by atoms with E-state index in [1.165, 1.54) is 10.7 Å². The number of nitrogens with one attached hydrogen (secondary N) is 2. The van der Waals surface area contributed by atoms with Crippen molar-refractivity contribution in [3.8, 4) is 0 Å². The highest BCUT2D eigenvalue weighted by molar-refractivity contribution is 5.79. The second-order valence-corrected chi connectivity index (χ2v) is 10.8. The Labute approximate surface area is 232 Å². The zero-order valence-electron chi connectivity index (χ0n) is 22.0. The maximum atomic E-state index is 14.4. The largest absolute Gasteiger partial charge is 0.445 e. The number of carbonyl (C=O) groups is 2. The Balaban J connectivity index is 1.35. The first-order valence-electron chi connectivity index (χ1n) is 13.5. The van der Waals surface area contributed by atoms with Gasteiger partial charge in [0, 0.05) is 31.7 Å². The van der Waals surface area contributed by atoms with Crippen LogP contribution in [0.4, 0.5) is 26.7 Å². The Morgan fingerprint density at radius 3 is 2.71 bits per heavy atom. The van der Waals surface area contributed by atoms with Crippen LogP contribution in [-0.2, 0) is 22.6 Å². The summed E-state index contributed by atoms with van der Waals surface area (Å²) in [7, 11) is 0. The molecule has 1 unspecified atom stereocenters. The molecule has 4 atom stereocenters. The first-order valence-corrected chi connectivity index (χ1v) is 13.5. The standard InChI is InChI=1S/C28H30F5N5O3/c29-27(30)10-4-7-18(13-27)24(36-26(40)41-16-17-5-2-1-3-6-17)22-15-38-23(35-22)9-8-21(37-38)12-19-11-20(28(31,32)33)14-34-25(19)39/h1-3,5-6,8-9,15,18-20,24H,4,7,10-14,16H2,(H,34,39)(H,36,40)/t18-,19?,20+,24-/m0/s1. The molecule has 1 saturated heterocycles. The highest BCUT2D eigenvalue weighted by Crippen LogP contribution is 2.42. The monoisotopic (exact) mass is 579 g/mol. The van der Waals surface area contributed by atoms with Gasteiger partial charge in [-0.3, -0.25) is 4.79 Å². The van der Waals surface area contributed by atoms with E-state index in [0.29, 0.717) is 23.5 Å². The van der Waals surface area contributed by atoms with Gasteiger partial charge in [0.2, 0.25) is 11.8 Å². The molecule has 220 valence electrons. The summed E-state index contributed by atoms with van der Waals surface area (Å²) in [5, 5.41) is 9.47. The number of nitrogens with zero attached hydrogens (tertiary/aromatic N) is 3. The van der Waals surface area contributed by atoms with Crippen molar-refractivity contribution in [3.63, 3.8) is 0 Å². The fourth-order valence-corrected chi connectivity index (χ4v) is 5.60. The summed E-state index contributed by atoms with van der Waals surface area (Å²) in [6.45, 7) is -0.446. The third kappa shape index (κ3) is 7.12. The third-order valence-electron chi connectivity index (χ3n) is 7.73. The zero-order chi connectivity index (χ0) is 29.2. The fraction of sp³-hybridized carbons (Fsp3) is 0.500. The van der Waals surface area contributed by atoms with Crippen LogP contribution in [-0.4, -0.2) is 45.2 Å². The molecule has 0 radical (unpaired) electrons. The molecular weight excluding hydrogens is 549 g/mol. The van der Waals surface area contributed by atoms with Crippen LogP contribution in [0.3, 0.4) is 0 Å². The van der Waals surface area contributed by atoms with Gasteiger partial charge in [0.1, 0.15) is 6.61 Å². The Bertz CT molecular complexity index is 1380. The van der Waals surface area contributed by atoms with E-state index in [4.69, 9.17) is 4.74 Å². The summed E-state index contributed by atoms with van der Waals surface area (Å²) < 4.78 is 75.1. The Morgan fingerprint density at radius 1 is 1.20 bits per heavy atom. The molecule has 41 heavy (non-hydrogen) atoms. The topological polar surface area (TPSA) is 97.6 Å². The summed E-state index contributed by atoms with van der Waals surface area (Å²) in [5.74, 6) is -6.48. The normalized spacial score (nSPS) is 23.5. The van der Waals surface area contributed by atoms with Gasteiger partial charge in [-0.05, 0) is 42.9 Å².